The Balaban J connectivity index is 2.63. The summed E-state index contributed by atoms with van der Waals surface area (Å²) in [5.74, 6) is 0.455. The maximum Gasteiger partial charge on any atom is 0.322 e. The predicted molar refractivity (Wildman–Crippen MR) is 72.3 cm³/mol. The van der Waals surface area contributed by atoms with Gasteiger partial charge in [0, 0.05) is 6.54 Å². The van der Waals surface area contributed by atoms with E-state index >= 15 is 0 Å². The maximum atomic E-state index is 11.8. The SMILES string of the molecule is COc1nc(Cl)nc(NC(C)C(=O)NCC(C)C)n1. The molecule has 0 bridgehead atoms. The molecular formula is C11H18ClN5O2. The normalized spacial score (nSPS) is 12.1. The van der Waals surface area contributed by atoms with E-state index in [0.717, 1.165) is 0 Å². The van der Waals surface area contributed by atoms with Crippen molar-refractivity contribution in [1.29, 1.82) is 0 Å². The molecule has 8 heteroatoms. The lowest BCUT2D eigenvalue weighted by Gasteiger charge is -2.15. The summed E-state index contributed by atoms with van der Waals surface area (Å²) < 4.78 is 4.87. The van der Waals surface area contributed by atoms with Crippen molar-refractivity contribution < 1.29 is 9.53 Å². The molecule has 1 atom stereocenters. The zero-order chi connectivity index (χ0) is 14.4. The Bertz CT molecular complexity index is 441. The number of hydrogen-bond donors (Lipinski definition) is 2. The van der Waals surface area contributed by atoms with Crippen LogP contribution in [-0.4, -0.2) is 40.6 Å². The summed E-state index contributed by atoms with van der Waals surface area (Å²) in [6.07, 6.45) is 0. The Morgan fingerprint density at radius 3 is 2.58 bits per heavy atom. The van der Waals surface area contributed by atoms with Crippen LogP contribution in [0.3, 0.4) is 0 Å². The molecule has 1 unspecified atom stereocenters. The number of hydrogen-bond acceptors (Lipinski definition) is 6. The van der Waals surface area contributed by atoms with Gasteiger partial charge in [-0.1, -0.05) is 13.8 Å². The third-order valence-corrected chi connectivity index (χ3v) is 2.36. The van der Waals surface area contributed by atoms with Gasteiger partial charge in [0.25, 0.3) is 0 Å². The quantitative estimate of drug-likeness (QED) is 0.815. The average Bonchev–Trinajstić information content (AvgIpc) is 2.34. The first-order chi connectivity index (χ1) is 8.92. The fourth-order valence-corrected chi connectivity index (χ4v) is 1.36. The molecule has 0 aliphatic rings. The number of nitrogens with zero attached hydrogens (tertiary/aromatic N) is 3. The first kappa shape index (κ1) is 15.4. The highest BCUT2D eigenvalue weighted by atomic mass is 35.5. The van der Waals surface area contributed by atoms with Crippen LogP contribution < -0.4 is 15.4 Å². The van der Waals surface area contributed by atoms with Crippen molar-refractivity contribution in [3.63, 3.8) is 0 Å². The van der Waals surface area contributed by atoms with E-state index in [-0.39, 0.29) is 23.1 Å². The van der Waals surface area contributed by atoms with Crippen LogP contribution in [0.15, 0.2) is 0 Å². The lowest BCUT2D eigenvalue weighted by atomic mass is 10.2. The van der Waals surface area contributed by atoms with Crippen LogP contribution in [0.25, 0.3) is 0 Å². The second kappa shape index (κ2) is 7.08. The van der Waals surface area contributed by atoms with Crippen molar-refractivity contribution in [2.45, 2.75) is 26.8 Å². The molecule has 0 radical (unpaired) electrons. The van der Waals surface area contributed by atoms with Gasteiger partial charge in [-0.3, -0.25) is 4.79 Å². The molecule has 7 nitrogen and oxygen atoms in total. The molecule has 2 N–H and O–H groups in total. The van der Waals surface area contributed by atoms with Crippen molar-refractivity contribution in [3.8, 4) is 6.01 Å². The van der Waals surface area contributed by atoms with Gasteiger partial charge in [0.1, 0.15) is 6.04 Å². The van der Waals surface area contributed by atoms with E-state index in [0.29, 0.717) is 12.5 Å². The van der Waals surface area contributed by atoms with Gasteiger partial charge in [-0.2, -0.15) is 15.0 Å². The zero-order valence-electron chi connectivity index (χ0n) is 11.4. The van der Waals surface area contributed by atoms with Crippen molar-refractivity contribution in [3.05, 3.63) is 5.28 Å². The van der Waals surface area contributed by atoms with Crippen molar-refractivity contribution in [2.75, 3.05) is 19.0 Å². The van der Waals surface area contributed by atoms with Gasteiger partial charge in [0.15, 0.2) is 0 Å². The van der Waals surface area contributed by atoms with Crippen LogP contribution in [0.1, 0.15) is 20.8 Å². The van der Waals surface area contributed by atoms with Crippen LogP contribution in [0, 0.1) is 5.92 Å². The van der Waals surface area contributed by atoms with Gasteiger partial charge < -0.3 is 15.4 Å². The summed E-state index contributed by atoms with van der Waals surface area (Å²) in [6.45, 7) is 6.37. The lowest BCUT2D eigenvalue weighted by molar-refractivity contribution is -0.121. The number of amides is 1. The largest absolute Gasteiger partial charge is 0.467 e. The van der Waals surface area contributed by atoms with E-state index in [4.69, 9.17) is 16.3 Å². The van der Waals surface area contributed by atoms with Crippen molar-refractivity contribution in [2.24, 2.45) is 5.92 Å². The Morgan fingerprint density at radius 1 is 1.32 bits per heavy atom. The number of aromatic nitrogens is 3. The molecule has 1 aromatic rings. The minimum atomic E-state index is -0.484. The highest BCUT2D eigenvalue weighted by Crippen LogP contribution is 2.11. The van der Waals surface area contributed by atoms with Gasteiger partial charge in [-0.25, -0.2) is 0 Å². The summed E-state index contributed by atoms with van der Waals surface area (Å²) in [5, 5.41) is 5.65. The molecule has 0 saturated carbocycles. The summed E-state index contributed by atoms with van der Waals surface area (Å²) in [6, 6.07) is -0.390. The average molecular weight is 288 g/mol. The molecule has 1 amide bonds. The number of nitrogens with one attached hydrogen (secondary N) is 2. The minimum Gasteiger partial charge on any atom is -0.467 e. The summed E-state index contributed by atoms with van der Waals surface area (Å²) in [7, 11) is 1.42. The Morgan fingerprint density at radius 2 is 2.00 bits per heavy atom. The zero-order valence-corrected chi connectivity index (χ0v) is 12.2. The number of carbonyl (C=O) groups is 1. The molecule has 19 heavy (non-hydrogen) atoms. The number of methoxy groups -OCH3 is 1. The van der Waals surface area contributed by atoms with E-state index in [1.165, 1.54) is 7.11 Å². The van der Waals surface area contributed by atoms with Gasteiger partial charge in [-0.15, -0.1) is 0 Å². The lowest BCUT2D eigenvalue weighted by Crippen LogP contribution is -2.39. The highest BCUT2D eigenvalue weighted by Gasteiger charge is 2.15. The van der Waals surface area contributed by atoms with E-state index < -0.39 is 6.04 Å². The van der Waals surface area contributed by atoms with Crippen LogP contribution in [0.5, 0.6) is 6.01 Å². The Kier molecular flexibility index (Phi) is 5.75. The predicted octanol–water partition coefficient (Wildman–Crippen LogP) is 1.11. The minimum absolute atomic E-state index is 0.00383. The molecule has 1 aromatic heterocycles. The third kappa shape index (κ3) is 5.25. The van der Waals surface area contributed by atoms with Crippen LogP contribution in [-0.2, 0) is 4.79 Å². The fourth-order valence-electron chi connectivity index (χ4n) is 1.20. The molecule has 0 aromatic carbocycles. The highest BCUT2D eigenvalue weighted by molar-refractivity contribution is 6.28. The summed E-state index contributed by atoms with van der Waals surface area (Å²) in [5.41, 5.74) is 0. The smallest absolute Gasteiger partial charge is 0.322 e. The Hall–Kier alpha value is -1.63. The van der Waals surface area contributed by atoms with E-state index in [1.807, 2.05) is 13.8 Å². The second-order valence-electron chi connectivity index (χ2n) is 4.42. The number of anilines is 1. The number of ether oxygens (including phenoxy) is 1. The molecule has 106 valence electrons. The first-order valence-corrected chi connectivity index (χ1v) is 6.30. The molecule has 0 spiro atoms. The fraction of sp³-hybridized carbons (Fsp3) is 0.636. The van der Waals surface area contributed by atoms with Gasteiger partial charge in [0.2, 0.25) is 17.1 Å². The van der Waals surface area contributed by atoms with Crippen LogP contribution >= 0.6 is 11.6 Å². The molecular weight excluding hydrogens is 270 g/mol. The molecule has 0 aliphatic heterocycles. The summed E-state index contributed by atoms with van der Waals surface area (Å²) in [4.78, 5) is 23.3. The van der Waals surface area contributed by atoms with E-state index in [1.54, 1.807) is 6.92 Å². The van der Waals surface area contributed by atoms with E-state index in [2.05, 4.69) is 25.6 Å². The van der Waals surface area contributed by atoms with Gasteiger partial charge in [0.05, 0.1) is 7.11 Å². The molecule has 1 rings (SSSR count). The van der Waals surface area contributed by atoms with Gasteiger partial charge >= 0.3 is 6.01 Å². The number of rotatable bonds is 6. The third-order valence-electron chi connectivity index (χ3n) is 2.19. The number of halogens is 1. The standard InChI is InChI=1S/C11H18ClN5O2/c1-6(2)5-13-8(18)7(3)14-10-15-9(12)16-11(17-10)19-4/h6-7H,5H2,1-4H3,(H,13,18)(H,14,15,16,17). The van der Waals surface area contributed by atoms with Crippen molar-refractivity contribution >= 4 is 23.5 Å². The van der Waals surface area contributed by atoms with E-state index in [9.17, 15) is 4.79 Å². The molecule has 0 saturated heterocycles. The molecule has 0 aliphatic carbocycles. The van der Waals surface area contributed by atoms with Gasteiger partial charge in [-0.05, 0) is 24.4 Å². The second-order valence-corrected chi connectivity index (χ2v) is 4.76. The first-order valence-electron chi connectivity index (χ1n) is 5.92. The van der Waals surface area contributed by atoms with Crippen LogP contribution in [0.4, 0.5) is 5.95 Å². The van der Waals surface area contributed by atoms with Crippen molar-refractivity contribution in [1.82, 2.24) is 20.3 Å². The maximum absolute atomic E-state index is 11.8. The monoisotopic (exact) mass is 287 g/mol. The number of carbonyl (C=O) groups excluding carboxylic acids is 1. The topological polar surface area (TPSA) is 89.0 Å². The van der Waals surface area contributed by atoms with Crippen LogP contribution in [0.2, 0.25) is 5.28 Å². The molecule has 0 fully saturated rings. The summed E-state index contributed by atoms with van der Waals surface area (Å²) >= 11 is 5.71. The Labute approximate surface area is 117 Å². The molecule has 1 heterocycles.